The van der Waals surface area contributed by atoms with Gasteiger partial charge in [0.15, 0.2) is 0 Å². The molecule has 5 heteroatoms. The third kappa shape index (κ3) is 3.92. The maximum absolute atomic E-state index is 10.2. The summed E-state index contributed by atoms with van der Waals surface area (Å²) in [5, 5.41) is 19.3. The quantitative estimate of drug-likeness (QED) is 0.908. The number of piperidine rings is 1. The van der Waals surface area contributed by atoms with Crippen LogP contribution in [0.15, 0.2) is 42.6 Å². The van der Waals surface area contributed by atoms with E-state index < -0.39 is 0 Å². The molecule has 0 spiro atoms. The molecule has 25 heavy (non-hydrogen) atoms. The number of rotatable bonds is 5. The minimum Gasteiger partial charge on any atom is -0.497 e. The van der Waals surface area contributed by atoms with Gasteiger partial charge in [0.05, 0.1) is 25.3 Å². The fraction of sp³-hybridized carbons (Fsp3) is 0.400. The molecule has 1 aromatic heterocycles. The zero-order valence-corrected chi connectivity index (χ0v) is 14.5. The van der Waals surface area contributed by atoms with Gasteiger partial charge in [-0.05, 0) is 49.1 Å². The van der Waals surface area contributed by atoms with Crippen LogP contribution in [0.2, 0.25) is 0 Å². The van der Waals surface area contributed by atoms with Crippen LogP contribution in [0.3, 0.4) is 0 Å². The molecule has 1 aromatic carbocycles. The molecule has 0 radical (unpaired) electrons. The Morgan fingerprint density at radius 2 is 2.24 bits per heavy atom. The highest BCUT2D eigenvalue weighted by Crippen LogP contribution is 2.35. The van der Waals surface area contributed by atoms with Gasteiger partial charge in [0.2, 0.25) is 0 Å². The smallest absolute Gasteiger partial charge is 0.129 e. The monoisotopic (exact) mass is 337 g/mol. The Morgan fingerprint density at radius 3 is 3.00 bits per heavy atom. The first-order valence-corrected chi connectivity index (χ1v) is 8.53. The Labute approximate surface area is 148 Å². The molecule has 1 unspecified atom stereocenters. The second kappa shape index (κ2) is 7.54. The number of methoxy groups -OCH3 is 1. The lowest BCUT2D eigenvalue weighted by molar-refractivity contribution is 0.105. The van der Waals surface area contributed by atoms with Gasteiger partial charge in [-0.3, -0.25) is 0 Å². The Balaban J connectivity index is 1.81. The molecule has 1 atom stereocenters. The summed E-state index contributed by atoms with van der Waals surface area (Å²) < 4.78 is 5.31. The molecule has 3 rings (SSSR count). The Bertz CT molecular complexity index is 772. The molecular formula is C20H23N3O2. The van der Waals surface area contributed by atoms with Gasteiger partial charge in [-0.1, -0.05) is 12.1 Å². The van der Waals surface area contributed by atoms with Crippen LogP contribution in [0.4, 0.5) is 5.82 Å². The number of nitrogens with zero attached hydrogens (tertiary/aromatic N) is 3. The molecule has 1 saturated heterocycles. The summed E-state index contributed by atoms with van der Waals surface area (Å²) in [6.45, 7) is 1.74. The molecule has 0 bridgehead atoms. The Hall–Kier alpha value is -2.58. The number of ether oxygens (including phenoxy) is 1. The van der Waals surface area contributed by atoms with E-state index >= 15 is 0 Å². The number of aromatic nitrogens is 1. The summed E-state index contributed by atoms with van der Waals surface area (Å²) in [5.41, 5.74) is 1.56. The summed E-state index contributed by atoms with van der Waals surface area (Å²) in [5.74, 6) is 1.64. The third-order valence-electron chi connectivity index (χ3n) is 4.91. The predicted octanol–water partition coefficient (Wildman–Crippen LogP) is 2.78. The normalized spacial score (nSPS) is 20.1. The maximum atomic E-state index is 10.2. The van der Waals surface area contributed by atoms with E-state index in [4.69, 9.17) is 10.00 Å². The van der Waals surface area contributed by atoms with Gasteiger partial charge in [-0.15, -0.1) is 0 Å². The lowest BCUT2D eigenvalue weighted by atomic mass is 9.75. The first-order valence-electron chi connectivity index (χ1n) is 8.53. The van der Waals surface area contributed by atoms with E-state index in [2.05, 4.69) is 22.0 Å². The summed E-state index contributed by atoms with van der Waals surface area (Å²) in [4.78, 5) is 6.60. The second-order valence-electron chi connectivity index (χ2n) is 6.73. The minimum atomic E-state index is -0.213. The zero-order valence-electron chi connectivity index (χ0n) is 14.5. The molecule has 0 saturated carbocycles. The number of aliphatic hydroxyl groups excluding tert-OH is 1. The third-order valence-corrected chi connectivity index (χ3v) is 4.91. The number of benzene rings is 1. The molecule has 0 amide bonds. The van der Waals surface area contributed by atoms with Crippen LogP contribution >= 0.6 is 0 Å². The average Bonchev–Trinajstić information content (AvgIpc) is 2.68. The van der Waals surface area contributed by atoms with E-state index in [1.807, 2.05) is 24.3 Å². The highest BCUT2D eigenvalue weighted by molar-refractivity contribution is 5.45. The van der Waals surface area contributed by atoms with Crippen molar-refractivity contribution in [3.63, 3.8) is 0 Å². The summed E-state index contributed by atoms with van der Waals surface area (Å²) in [6, 6.07) is 13.7. The van der Waals surface area contributed by atoms with E-state index in [0.717, 1.165) is 49.5 Å². The van der Waals surface area contributed by atoms with Crippen LogP contribution in [-0.4, -0.2) is 36.9 Å². The number of anilines is 1. The van der Waals surface area contributed by atoms with Crippen LogP contribution in [0.5, 0.6) is 5.75 Å². The zero-order chi connectivity index (χ0) is 17.7. The van der Waals surface area contributed by atoms with Crippen molar-refractivity contribution in [2.75, 3.05) is 31.7 Å². The maximum Gasteiger partial charge on any atom is 0.129 e. The van der Waals surface area contributed by atoms with E-state index in [1.165, 1.54) is 0 Å². The number of nitriles is 1. The predicted molar refractivity (Wildman–Crippen MR) is 96.6 cm³/mol. The molecule has 1 fully saturated rings. The van der Waals surface area contributed by atoms with E-state index in [1.54, 1.807) is 19.4 Å². The minimum absolute atomic E-state index is 0.124. The lowest BCUT2D eigenvalue weighted by Gasteiger charge is -2.42. The Kier molecular flexibility index (Phi) is 5.20. The number of hydrogen-bond acceptors (Lipinski definition) is 5. The molecule has 2 aromatic rings. The summed E-state index contributed by atoms with van der Waals surface area (Å²) >= 11 is 0. The molecule has 1 aliphatic heterocycles. The topological polar surface area (TPSA) is 69.4 Å². The highest BCUT2D eigenvalue weighted by Gasteiger charge is 2.35. The first kappa shape index (κ1) is 17.2. The fourth-order valence-electron chi connectivity index (χ4n) is 3.61. The van der Waals surface area contributed by atoms with E-state index in [0.29, 0.717) is 5.56 Å². The highest BCUT2D eigenvalue weighted by atomic mass is 16.5. The van der Waals surface area contributed by atoms with Crippen molar-refractivity contribution < 1.29 is 9.84 Å². The SMILES string of the molecule is COc1cccc(CC2(CO)CCCN(c3cc(C#N)ccn3)C2)c1. The fourth-order valence-corrected chi connectivity index (χ4v) is 3.61. The van der Waals surface area contributed by atoms with Crippen molar-refractivity contribution in [2.45, 2.75) is 19.3 Å². The van der Waals surface area contributed by atoms with Gasteiger partial charge < -0.3 is 14.7 Å². The van der Waals surface area contributed by atoms with Crippen molar-refractivity contribution in [2.24, 2.45) is 5.41 Å². The van der Waals surface area contributed by atoms with Crippen LogP contribution in [0.1, 0.15) is 24.0 Å². The van der Waals surface area contributed by atoms with Crippen LogP contribution < -0.4 is 9.64 Å². The molecule has 1 aliphatic rings. The number of aliphatic hydroxyl groups is 1. The first-order chi connectivity index (χ1) is 12.2. The molecule has 130 valence electrons. The van der Waals surface area contributed by atoms with E-state index in [9.17, 15) is 5.11 Å². The van der Waals surface area contributed by atoms with Crippen LogP contribution in [-0.2, 0) is 6.42 Å². The van der Waals surface area contributed by atoms with Crippen LogP contribution in [0.25, 0.3) is 0 Å². The standard InChI is InChI=1S/C20H23N3O2/c1-25-18-5-2-4-16(10-18)12-20(15-24)7-3-9-23(14-20)19-11-17(13-21)6-8-22-19/h2,4-6,8,10-11,24H,3,7,9,12,14-15H2,1H3. The van der Waals surface area contributed by atoms with Crippen molar-refractivity contribution >= 4 is 5.82 Å². The van der Waals surface area contributed by atoms with Crippen LogP contribution in [0, 0.1) is 16.7 Å². The summed E-state index contributed by atoms with van der Waals surface area (Å²) in [6.07, 6.45) is 4.42. The van der Waals surface area contributed by atoms with Gasteiger partial charge in [0, 0.05) is 24.7 Å². The van der Waals surface area contributed by atoms with Gasteiger partial charge in [-0.2, -0.15) is 5.26 Å². The van der Waals surface area contributed by atoms with Crippen molar-refractivity contribution in [3.8, 4) is 11.8 Å². The molecule has 2 heterocycles. The second-order valence-corrected chi connectivity index (χ2v) is 6.73. The Morgan fingerprint density at radius 1 is 1.36 bits per heavy atom. The van der Waals surface area contributed by atoms with Gasteiger partial charge in [0.25, 0.3) is 0 Å². The largest absolute Gasteiger partial charge is 0.497 e. The lowest BCUT2D eigenvalue weighted by Crippen LogP contribution is -2.47. The van der Waals surface area contributed by atoms with Crippen molar-refractivity contribution in [1.29, 1.82) is 5.26 Å². The van der Waals surface area contributed by atoms with Crippen molar-refractivity contribution in [3.05, 3.63) is 53.7 Å². The molecule has 1 N–H and O–H groups in total. The number of hydrogen-bond donors (Lipinski definition) is 1. The summed E-state index contributed by atoms with van der Waals surface area (Å²) in [7, 11) is 1.66. The van der Waals surface area contributed by atoms with E-state index in [-0.39, 0.29) is 12.0 Å². The number of pyridine rings is 1. The van der Waals surface area contributed by atoms with Gasteiger partial charge >= 0.3 is 0 Å². The molecule has 0 aliphatic carbocycles. The van der Waals surface area contributed by atoms with Crippen molar-refractivity contribution in [1.82, 2.24) is 4.98 Å². The molecular weight excluding hydrogens is 314 g/mol. The van der Waals surface area contributed by atoms with Gasteiger partial charge in [0.1, 0.15) is 11.6 Å². The average molecular weight is 337 g/mol. The molecule has 5 nitrogen and oxygen atoms in total. The van der Waals surface area contributed by atoms with Gasteiger partial charge in [-0.25, -0.2) is 4.98 Å².